The lowest BCUT2D eigenvalue weighted by Crippen LogP contribution is -2.36. The van der Waals surface area contributed by atoms with Crippen molar-refractivity contribution in [1.29, 1.82) is 0 Å². The third-order valence-electron chi connectivity index (χ3n) is 3.86. The van der Waals surface area contributed by atoms with Crippen molar-refractivity contribution in [3.8, 4) is 0 Å². The van der Waals surface area contributed by atoms with Crippen LogP contribution in [0.4, 0.5) is 15.0 Å². The van der Waals surface area contributed by atoms with Gasteiger partial charge >= 0.3 is 11.8 Å². The van der Waals surface area contributed by atoms with Gasteiger partial charge in [-0.1, -0.05) is 19.8 Å². The van der Waals surface area contributed by atoms with Gasteiger partial charge in [-0.2, -0.15) is 4.98 Å². The third-order valence-corrected chi connectivity index (χ3v) is 3.86. The van der Waals surface area contributed by atoms with Crippen LogP contribution >= 0.6 is 0 Å². The zero-order valence-electron chi connectivity index (χ0n) is 14.0. The molecular formula is C15H22FN3O6. The standard InChI is InChI=1S/C15H22FN3O6/c1-3-4-5-6-24-15(23)18-12-9(16)7-19(14(22)17-12)13-11(21)10(20)8(2)25-13/h7-8,10-11,13,20-21H,3-6H2,1-2H3,(H,17,18,22,23)/t8-,10-,11+,13+/m1/s1. The van der Waals surface area contributed by atoms with E-state index in [1.54, 1.807) is 0 Å². The second kappa shape index (κ2) is 8.37. The highest BCUT2D eigenvalue weighted by Crippen LogP contribution is 2.28. The summed E-state index contributed by atoms with van der Waals surface area (Å²) in [5.41, 5.74) is -0.951. The Balaban J connectivity index is 2.07. The molecule has 140 valence electrons. The van der Waals surface area contributed by atoms with E-state index in [0.717, 1.165) is 23.6 Å². The number of hydrogen-bond acceptors (Lipinski definition) is 7. The summed E-state index contributed by atoms with van der Waals surface area (Å²) < 4.78 is 24.9. The lowest BCUT2D eigenvalue weighted by atomic mass is 10.1. The van der Waals surface area contributed by atoms with Crippen LogP contribution in [0.3, 0.4) is 0 Å². The summed E-state index contributed by atoms with van der Waals surface area (Å²) in [6, 6.07) is 0. The zero-order valence-corrected chi connectivity index (χ0v) is 14.0. The first kappa shape index (κ1) is 19.3. The summed E-state index contributed by atoms with van der Waals surface area (Å²) in [5.74, 6) is -1.59. The van der Waals surface area contributed by atoms with Crippen LogP contribution in [0.1, 0.15) is 39.3 Å². The average Bonchev–Trinajstić information content (AvgIpc) is 2.82. The van der Waals surface area contributed by atoms with Gasteiger partial charge in [0, 0.05) is 0 Å². The molecule has 1 aromatic rings. The number of carbonyl (C=O) groups excluding carboxylic acids is 1. The molecule has 0 radical (unpaired) electrons. The van der Waals surface area contributed by atoms with Crippen LogP contribution in [0.5, 0.6) is 0 Å². The van der Waals surface area contributed by atoms with Crippen LogP contribution in [0, 0.1) is 5.82 Å². The van der Waals surface area contributed by atoms with E-state index in [-0.39, 0.29) is 6.61 Å². The Morgan fingerprint density at radius 2 is 2.16 bits per heavy atom. The summed E-state index contributed by atoms with van der Waals surface area (Å²) in [6.45, 7) is 3.68. The molecule has 2 heterocycles. The molecule has 0 aromatic carbocycles. The topological polar surface area (TPSA) is 123 Å². The molecule has 1 aliphatic rings. The van der Waals surface area contributed by atoms with Gasteiger partial charge in [0.25, 0.3) is 0 Å². The van der Waals surface area contributed by atoms with E-state index >= 15 is 0 Å². The van der Waals surface area contributed by atoms with Crippen molar-refractivity contribution in [2.24, 2.45) is 0 Å². The van der Waals surface area contributed by atoms with E-state index in [1.807, 2.05) is 6.92 Å². The number of anilines is 1. The summed E-state index contributed by atoms with van der Waals surface area (Å²) in [5, 5.41) is 21.6. The molecule has 1 aromatic heterocycles. The molecule has 9 nitrogen and oxygen atoms in total. The Morgan fingerprint density at radius 1 is 1.44 bits per heavy atom. The number of rotatable bonds is 6. The molecule has 0 unspecified atom stereocenters. The summed E-state index contributed by atoms with van der Waals surface area (Å²) in [7, 11) is 0. The molecule has 25 heavy (non-hydrogen) atoms. The second-order valence-corrected chi connectivity index (χ2v) is 5.81. The monoisotopic (exact) mass is 359 g/mol. The van der Waals surface area contributed by atoms with Crippen LogP contribution in [0.2, 0.25) is 0 Å². The lowest BCUT2D eigenvalue weighted by Gasteiger charge is -2.17. The molecule has 1 fully saturated rings. The van der Waals surface area contributed by atoms with Crippen LogP contribution in [0.25, 0.3) is 0 Å². The molecule has 3 N–H and O–H groups in total. The van der Waals surface area contributed by atoms with Crippen LogP contribution in [0.15, 0.2) is 11.0 Å². The number of carbonyl (C=O) groups is 1. The van der Waals surface area contributed by atoms with E-state index in [9.17, 15) is 24.2 Å². The molecule has 1 saturated heterocycles. The molecule has 0 aliphatic carbocycles. The van der Waals surface area contributed by atoms with Crippen molar-refractivity contribution in [1.82, 2.24) is 9.55 Å². The number of aliphatic hydroxyl groups is 2. The fraction of sp³-hybridized carbons (Fsp3) is 0.667. The Labute approximate surface area is 143 Å². The van der Waals surface area contributed by atoms with E-state index in [4.69, 9.17) is 9.47 Å². The zero-order chi connectivity index (χ0) is 18.6. The molecule has 0 spiro atoms. The first-order chi connectivity index (χ1) is 11.8. The van der Waals surface area contributed by atoms with Gasteiger partial charge in [-0.15, -0.1) is 0 Å². The van der Waals surface area contributed by atoms with E-state index in [1.165, 1.54) is 6.92 Å². The normalized spacial score (nSPS) is 25.8. The minimum atomic E-state index is -1.41. The van der Waals surface area contributed by atoms with Crippen molar-refractivity contribution in [2.45, 2.75) is 57.6 Å². The maximum atomic E-state index is 14.1. The SMILES string of the molecule is CCCCCOC(=O)Nc1nc(=O)n([C@H]2O[C@H](C)[C@@H](O)[C@@H]2O)cc1F. The molecule has 10 heteroatoms. The number of amides is 1. The maximum Gasteiger partial charge on any atom is 0.412 e. The van der Waals surface area contributed by atoms with E-state index in [2.05, 4.69) is 10.3 Å². The number of nitrogens with one attached hydrogen (secondary N) is 1. The minimum Gasteiger partial charge on any atom is -0.449 e. The lowest BCUT2D eigenvalue weighted by molar-refractivity contribution is -0.0355. The second-order valence-electron chi connectivity index (χ2n) is 5.81. The van der Waals surface area contributed by atoms with Gasteiger partial charge in [0.2, 0.25) is 0 Å². The van der Waals surface area contributed by atoms with Gasteiger partial charge in [-0.3, -0.25) is 9.88 Å². The molecule has 1 aliphatic heterocycles. The smallest absolute Gasteiger partial charge is 0.412 e. The Bertz CT molecular complexity index is 667. The number of halogens is 1. The number of aromatic nitrogens is 2. The number of ether oxygens (including phenoxy) is 2. The largest absolute Gasteiger partial charge is 0.449 e. The Morgan fingerprint density at radius 3 is 2.76 bits per heavy atom. The van der Waals surface area contributed by atoms with Crippen LogP contribution < -0.4 is 11.0 Å². The first-order valence-corrected chi connectivity index (χ1v) is 8.09. The van der Waals surface area contributed by atoms with Crippen molar-refractivity contribution in [3.05, 3.63) is 22.5 Å². The fourth-order valence-corrected chi connectivity index (χ4v) is 2.42. The highest BCUT2D eigenvalue weighted by molar-refractivity contribution is 5.83. The number of nitrogens with zero attached hydrogens (tertiary/aromatic N) is 2. The number of aliphatic hydroxyl groups excluding tert-OH is 2. The van der Waals surface area contributed by atoms with E-state index < -0.39 is 48.0 Å². The highest BCUT2D eigenvalue weighted by Gasteiger charge is 2.42. The quantitative estimate of drug-likeness (QED) is 0.641. The summed E-state index contributed by atoms with van der Waals surface area (Å²) in [6.07, 6.45) is -2.25. The minimum absolute atomic E-state index is 0.177. The van der Waals surface area contributed by atoms with Crippen molar-refractivity contribution in [2.75, 3.05) is 11.9 Å². The average molecular weight is 359 g/mol. The maximum absolute atomic E-state index is 14.1. The number of unbranched alkanes of at least 4 members (excludes halogenated alkanes) is 2. The molecular weight excluding hydrogens is 337 g/mol. The van der Waals surface area contributed by atoms with Crippen LogP contribution in [-0.2, 0) is 9.47 Å². The van der Waals surface area contributed by atoms with Gasteiger partial charge in [0.05, 0.1) is 18.9 Å². The molecule has 0 saturated carbocycles. The predicted molar refractivity (Wildman–Crippen MR) is 84.5 cm³/mol. The predicted octanol–water partition coefficient (Wildman–Crippen LogP) is 0.760. The summed E-state index contributed by atoms with van der Waals surface area (Å²) >= 11 is 0. The van der Waals surface area contributed by atoms with Gasteiger partial charge in [0.1, 0.15) is 12.2 Å². The highest BCUT2D eigenvalue weighted by atomic mass is 19.1. The van der Waals surface area contributed by atoms with Gasteiger partial charge in [-0.05, 0) is 13.3 Å². The molecule has 0 bridgehead atoms. The third kappa shape index (κ3) is 4.53. The van der Waals surface area contributed by atoms with Gasteiger partial charge in [-0.25, -0.2) is 14.0 Å². The van der Waals surface area contributed by atoms with Gasteiger partial charge < -0.3 is 19.7 Å². The molecule has 2 rings (SSSR count). The molecule has 1 amide bonds. The van der Waals surface area contributed by atoms with E-state index in [0.29, 0.717) is 6.42 Å². The van der Waals surface area contributed by atoms with Crippen LogP contribution in [-0.4, -0.2) is 50.8 Å². The van der Waals surface area contributed by atoms with Crippen molar-refractivity contribution < 1.29 is 28.9 Å². The Hall–Kier alpha value is -2.04. The Kier molecular flexibility index (Phi) is 6.45. The fourth-order valence-electron chi connectivity index (χ4n) is 2.42. The van der Waals surface area contributed by atoms with Crippen molar-refractivity contribution >= 4 is 11.9 Å². The van der Waals surface area contributed by atoms with Gasteiger partial charge in [0.15, 0.2) is 17.9 Å². The summed E-state index contributed by atoms with van der Waals surface area (Å²) in [4.78, 5) is 27.0. The number of hydrogen-bond donors (Lipinski definition) is 3. The molecule has 4 atom stereocenters. The first-order valence-electron chi connectivity index (χ1n) is 8.09. The van der Waals surface area contributed by atoms with Crippen molar-refractivity contribution in [3.63, 3.8) is 0 Å².